The highest BCUT2D eigenvalue weighted by molar-refractivity contribution is 5.72. The molecule has 6 nitrogen and oxygen atoms in total. The topological polar surface area (TPSA) is 105 Å². The molecule has 0 aromatic heterocycles. The third-order valence-electron chi connectivity index (χ3n) is 4.39. The largest absolute Gasteiger partial charge is 0.356 e. The molecule has 0 aliphatic carbocycles. The van der Waals surface area contributed by atoms with Gasteiger partial charge in [0.2, 0.25) is 5.91 Å². The quantitative estimate of drug-likeness (QED) is 0.224. The third-order valence-corrected chi connectivity index (χ3v) is 4.39. The Hall–Kier alpha value is -0.690. The van der Waals surface area contributed by atoms with Gasteiger partial charge in [-0.15, -0.1) is 0 Å². The average molecular weight is 358 g/mol. The average Bonchev–Trinajstić information content (AvgIpc) is 2.59. The fourth-order valence-corrected chi connectivity index (χ4v) is 2.85. The van der Waals surface area contributed by atoms with Crippen LogP contribution >= 0.6 is 0 Å². The van der Waals surface area contributed by atoms with Gasteiger partial charge >= 0.3 is 0 Å². The molecule has 1 amide bonds. The van der Waals surface area contributed by atoms with Crippen molar-refractivity contribution >= 4 is 5.91 Å². The molecule has 0 fully saturated rings. The number of nitrogens with two attached hydrogens (primary N) is 2. The van der Waals surface area contributed by atoms with E-state index in [0.29, 0.717) is 5.92 Å². The molecule has 0 heterocycles. The maximum absolute atomic E-state index is 10.8. The Morgan fingerprint density at radius 2 is 1.28 bits per heavy atom. The van der Waals surface area contributed by atoms with Crippen LogP contribution in [-0.2, 0) is 4.79 Å². The van der Waals surface area contributed by atoms with Crippen molar-refractivity contribution in [3.8, 4) is 0 Å². The number of unbranched alkanes of at least 4 members (excludes halogenated alkanes) is 5. The number of hydrogen-bond acceptors (Lipinski definition) is 5. The lowest BCUT2D eigenvalue weighted by Gasteiger charge is -2.18. The number of rotatable bonds is 19. The molecule has 0 atom stereocenters. The molecule has 0 aromatic rings. The number of carbonyl (C=O) groups excluding carboxylic acids is 1. The standard InChI is InChI=1S/C19H43N5O/c1-18(25)24-15-7-3-2-4-10-19(16-22-13-8-5-11-20)17-23-14-9-6-12-21/h19,22-23H,2-17,20-21H2,1H3,(H,24,25). The molecule has 0 unspecified atom stereocenters. The van der Waals surface area contributed by atoms with Crippen molar-refractivity contribution in [1.29, 1.82) is 0 Å². The Kier molecular flexibility index (Phi) is 19.1. The van der Waals surface area contributed by atoms with E-state index in [4.69, 9.17) is 11.5 Å². The maximum atomic E-state index is 10.8. The first-order chi connectivity index (χ1) is 12.2. The molecule has 0 spiro atoms. The zero-order chi connectivity index (χ0) is 18.6. The molecule has 0 rings (SSSR count). The highest BCUT2D eigenvalue weighted by Gasteiger charge is 2.08. The minimum atomic E-state index is 0.0708. The minimum Gasteiger partial charge on any atom is -0.356 e. The summed E-state index contributed by atoms with van der Waals surface area (Å²) in [5.41, 5.74) is 11.1. The normalized spacial score (nSPS) is 11.2. The molecule has 7 N–H and O–H groups in total. The molecule has 25 heavy (non-hydrogen) atoms. The highest BCUT2D eigenvalue weighted by atomic mass is 16.1. The van der Waals surface area contributed by atoms with Gasteiger partial charge in [0.1, 0.15) is 0 Å². The van der Waals surface area contributed by atoms with E-state index in [1.54, 1.807) is 6.92 Å². The molecule has 150 valence electrons. The van der Waals surface area contributed by atoms with Crippen molar-refractivity contribution in [1.82, 2.24) is 16.0 Å². The third kappa shape index (κ3) is 19.5. The maximum Gasteiger partial charge on any atom is 0.216 e. The summed E-state index contributed by atoms with van der Waals surface area (Å²) in [6, 6.07) is 0. The molecule has 6 heteroatoms. The van der Waals surface area contributed by atoms with Crippen LogP contribution in [-0.4, -0.2) is 51.7 Å². The Bertz CT molecular complexity index is 275. The fourth-order valence-electron chi connectivity index (χ4n) is 2.85. The van der Waals surface area contributed by atoms with Gasteiger partial charge in [0.25, 0.3) is 0 Å². The summed E-state index contributed by atoms with van der Waals surface area (Å²) in [7, 11) is 0. The van der Waals surface area contributed by atoms with Gasteiger partial charge in [-0.05, 0) is 83.7 Å². The summed E-state index contributed by atoms with van der Waals surface area (Å²) in [5.74, 6) is 0.757. The number of carbonyl (C=O) groups is 1. The first kappa shape index (κ1) is 24.3. The molecule has 0 aliphatic heterocycles. The minimum absolute atomic E-state index is 0.0708. The molecule has 0 bridgehead atoms. The van der Waals surface area contributed by atoms with Crippen LogP contribution in [0.2, 0.25) is 0 Å². The second-order valence-electron chi connectivity index (χ2n) is 6.95. The lowest BCUT2D eigenvalue weighted by molar-refractivity contribution is -0.118. The Balaban J connectivity index is 3.76. The van der Waals surface area contributed by atoms with E-state index in [9.17, 15) is 4.79 Å². The van der Waals surface area contributed by atoms with E-state index in [0.717, 1.165) is 77.9 Å². The molecule has 0 saturated carbocycles. The first-order valence-electron chi connectivity index (χ1n) is 10.3. The Labute approximate surface area is 155 Å². The van der Waals surface area contributed by atoms with Gasteiger partial charge in [0, 0.05) is 13.5 Å². The molecule has 0 radical (unpaired) electrons. The van der Waals surface area contributed by atoms with E-state index in [1.165, 1.54) is 25.7 Å². The summed E-state index contributed by atoms with van der Waals surface area (Å²) < 4.78 is 0. The van der Waals surface area contributed by atoms with Crippen molar-refractivity contribution in [2.75, 3.05) is 45.8 Å². The van der Waals surface area contributed by atoms with Crippen LogP contribution in [0.1, 0.15) is 64.7 Å². The van der Waals surface area contributed by atoms with Gasteiger partial charge in [-0.1, -0.05) is 19.3 Å². The van der Waals surface area contributed by atoms with Gasteiger partial charge in [-0.25, -0.2) is 0 Å². The zero-order valence-electron chi connectivity index (χ0n) is 16.5. The van der Waals surface area contributed by atoms with Gasteiger partial charge in [-0.2, -0.15) is 0 Å². The number of hydrogen-bond donors (Lipinski definition) is 5. The summed E-state index contributed by atoms with van der Waals surface area (Å²) >= 11 is 0. The monoisotopic (exact) mass is 357 g/mol. The predicted octanol–water partition coefficient (Wildman–Crippen LogP) is 1.35. The molecule has 0 aliphatic rings. The van der Waals surface area contributed by atoms with Crippen molar-refractivity contribution in [3.63, 3.8) is 0 Å². The summed E-state index contributed by atoms with van der Waals surface area (Å²) in [6.07, 6.45) is 10.6. The SMILES string of the molecule is CC(=O)NCCCCCCC(CNCCCCN)CNCCCCN. The fraction of sp³-hybridized carbons (Fsp3) is 0.947. The van der Waals surface area contributed by atoms with E-state index < -0.39 is 0 Å². The van der Waals surface area contributed by atoms with E-state index in [1.807, 2.05) is 0 Å². The van der Waals surface area contributed by atoms with E-state index in [2.05, 4.69) is 16.0 Å². The van der Waals surface area contributed by atoms with Crippen LogP contribution in [0, 0.1) is 5.92 Å². The molecule has 0 saturated heterocycles. The van der Waals surface area contributed by atoms with Crippen molar-refractivity contribution < 1.29 is 4.79 Å². The lowest BCUT2D eigenvalue weighted by Crippen LogP contribution is -2.32. The second kappa shape index (κ2) is 19.6. The second-order valence-corrected chi connectivity index (χ2v) is 6.95. The highest BCUT2D eigenvalue weighted by Crippen LogP contribution is 2.10. The van der Waals surface area contributed by atoms with Crippen LogP contribution in [0.25, 0.3) is 0 Å². The Morgan fingerprint density at radius 1 is 0.760 bits per heavy atom. The lowest BCUT2D eigenvalue weighted by atomic mass is 10.00. The van der Waals surface area contributed by atoms with Gasteiger partial charge < -0.3 is 27.4 Å². The molecular weight excluding hydrogens is 314 g/mol. The van der Waals surface area contributed by atoms with Crippen molar-refractivity contribution in [3.05, 3.63) is 0 Å². The van der Waals surface area contributed by atoms with Crippen LogP contribution in [0.5, 0.6) is 0 Å². The summed E-state index contributed by atoms with van der Waals surface area (Å²) in [6.45, 7) is 8.25. The summed E-state index contributed by atoms with van der Waals surface area (Å²) in [5, 5.41) is 10.0. The number of amides is 1. The zero-order valence-corrected chi connectivity index (χ0v) is 16.5. The van der Waals surface area contributed by atoms with Crippen molar-refractivity contribution in [2.24, 2.45) is 17.4 Å². The predicted molar refractivity (Wildman–Crippen MR) is 108 cm³/mol. The first-order valence-corrected chi connectivity index (χ1v) is 10.3. The smallest absolute Gasteiger partial charge is 0.216 e. The number of nitrogens with one attached hydrogen (secondary N) is 3. The van der Waals surface area contributed by atoms with Crippen LogP contribution in [0.4, 0.5) is 0 Å². The molecule has 0 aromatic carbocycles. The van der Waals surface area contributed by atoms with Crippen molar-refractivity contribution in [2.45, 2.75) is 64.7 Å². The van der Waals surface area contributed by atoms with Gasteiger partial charge in [0.05, 0.1) is 0 Å². The van der Waals surface area contributed by atoms with E-state index in [-0.39, 0.29) is 5.91 Å². The Morgan fingerprint density at radius 3 is 1.80 bits per heavy atom. The van der Waals surface area contributed by atoms with E-state index >= 15 is 0 Å². The van der Waals surface area contributed by atoms with Crippen LogP contribution in [0.15, 0.2) is 0 Å². The summed E-state index contributed by atoms with van der Waals surface area (Å²) in [4.78, 5) is 10.8. The molecular formula is C19H43N5O. The van der Waals surface area contributed by atoms with Gasteiger partial charge in [-0.3, -0.25) is 4.79 Å². The van der Waals surface area contributed by atoms with Gasteiger partial charge in [0.15, 0.2) is 0 Å². The van der Waals surface area contributed by atoms with Crippen LogP contribution < -0.4 is 27.4 Å². The van der Waals surface area contributed by atoms with Crippen LogP contribution in [0.3, 0.4) is 0 Å².